The van der Waals surface area contributed by atoms with E-state index in [1.165, 1.54) is 70.6 Å². The first-order valence-electron chi connectivity index (χ1n) is 14.0. The molecular formula is C28H53N3O2. The van der Waals surface area contributed by atoms with Crippen LogP contribution in [0.25, 0.3) is 0 Å². The molecular weight excluding hydrogens is 410 g/mol. The van der Waals surface area contributed by atoms with Crippen molar-refractivity contribution in [3.8, 4) is 0 Å². The van der Waals surface area contributed by atoms with E-state index in [9.17, 15) is 4.79 Å². The van der Waals surface area contributed by atoms with Crippen LogP contribution < -0.4 is 5.32 Å². The lowest BCUT2D eigenvalue weighted by Crippen LogP contribution is -2.21. The molecule has 0 saturated heterocycles. The zero-order chi connectivity index (χ0) is 24.0. The molecule has 1 aromatic heterocycles. The third-order valence-electron chi connectivity index (χ3n) is 6.59. The summed E-state index contributed by atoms with van der Waals surface area (Å²) in [4.78, 5) is 16.9. The van der Waals surface area contributed by atoms with E-state index in [4.69, 9.17) is 4.74 Å². The van der Waals surface area contributed by atoms with E-state index in [-0.39, 0.29) is 11.9 Å². The van der Waals surface area contributed by atoms with Crippen molar-refractivity contribution in [2.24, 2.45) is 5.92 Å². The summed E-state index contributed by atoms with van der Waals surface area (Å²) >= 11 is 0. The lowest BCUT2D eigenvalue weighted by atomic mass is 9.94. The van der Waals surface area contributed by atoms with E-state index < -0.39 is 0 Å². The fraction of sp³-hybridized carbons (Fsp3) is 0.857. The number of imidazole rings is 1. The summed E-state index contributed by atoms with van der Waals surface area (Å²) in [6.45, 7) is 10.1. The number of esters is 1. The van der Waals surface area contributed by atoms with Gasteiger partial charge in [-0.15, -0.1) is 0 Å². The Balaban J connectivity index is 2.07. The largest absolute Gasteiger partial charge is 0.465 e. The van der Waals surface area contributed by atoms with Gasteiger partial charge in [-0.2, -0.15) is 0 Å². The maximum atomic E-state index is 12.7. The Labute approximate surface area is 204 Å². The van der Waals surface area contributed by atoms with Crippen LogP contribution in [-0.4, -0.2) is 35.2 Å². The SMILES string of the molecule is CCCCCCCCC(CCCCCC)C(=O)OCCCCCCNCCn1ccnc1C. The van der Waals surface area contributed by atoms with Crippen molar-refractivity contribution in [1.29, 1.82) is 0 Å². The lowest BCUT2D eigenvalue weighted by molar-refractivity contribution is -0.149. The molecule has 1 atom stereocenters. The molecule has 0 bridgehead atoms. The molecule has 33 heavy (non-hydrogen) atoms. The van der Waals surface area contributed by atoms with Crippen LogP contribution >= 0.6 is 0 Å². The molecule has 0 saturated carbocycles. The van der Waals surface area contributed by atoms with Gasteiger partial charge in [0.1, 0.15) is 5.82 Å². The van der Waals surface area contributed by atoms with Crippen molar-refractivity contribution in [2.75, 3.05) is 19.7 Å². The van der Waals surface area contributed by atoms with Crippen LogP contribution in [0.3, 0.4) is 0 Å². The van der Waals surface area contributed by atoms with Gasteiger partial charge in [0, 0.05) is 25.5 Å². The number of rotatable bonds is 23. The number of carbonyl (C=O) groups excluding carboxylic acids is 1. The van der Waals surface area contributed by atoms with Gasteiger partial charge in [0.15, 0.2) is 0 Å². The smallest absolute Gasteiger partial charge is 0.308 e. The van der Waals surface area contributed by atoms with Crippen molar-refractivity contribution in [1.82, 2.24) is 14.9 Å². The molecule has 0 fully saturated rings. The molecule has 0 spiro atoms. The minimum absolute atomic E-state index is 0.0662. The Hall–Kier alpha value is -1.36. The van der Waals surface area contributed by atoms with Crippen LogP contribution in [0.5, 0.6) is 0 Å². The van der Waals surface area contributed by atoms with Crippen molar-refractivity contribution < 1.29 is 9.53 Å². The van der Waals surface area contributed by atoms with Gasteiger partial charge in [-0.1, -0.05) is 90.9 Å². The van der Waals surface area contributed by atoms with Gasteiger partial charge in [-0.05, 0) is 39.2 Å². The quantitative estimate of drug-likeness (QED) is 0.137. The third kappa shape index (κ3) is 16.0. The average Bonchev–Trinajstić information content (AvgIpc) is 3.23. The van der Waals surface area contributed by atoms with Crippen LogP contribution in [0.15, 0.2) is 12.4 Å². The molecule has 0 aliphatic heterocycles. The Bertz CT molecular complexity index is 573. The third-order valence-corrected chi connectivity index (χ3v) is 6.59. The molecule has 0 radical (unpaired) electrons. The normalized spacial score (nSPS) is 12.2. The van der Waals surface area contributed by atoms with Crippen LogP contribution in [0, 0.1) is 12.8 Å². The van der Waals surface area contributed by atoms with Crippen LogP contribution in [0.1, 0.15) is 122 Å². The number of nitrogens with zero attached hydrogens (tertiary/aromatic N) is 2. The molecule has 0 aliphatic rings. The Morgan fingerprint density at radius 2 is 1.48 bits per heavy atom. The maximum Gasteiger partial charge on any atom is 0.308 e. The Morgan fingerprint density at radius 3 is 2.15 bits per heavy atom. The molecule has 1 unspecified atom stereocenters. The minimum atomic E-state index is 0.0662. The fourth-order valence-corrected chi connectivity index (χ4v) is 4.33. The van der Waals surface area contributed by atoms with E-state index in [0.717, 1.165) is 57.6 Å². The highest BCUT2D eigenvalue weighted by atomic mass is 16.5. The summed E-state index contributed by atoms with van der Waals surface area (Å²) in [6, 6.07) is 0. The summed E-state index contributed by atoms with van der Waals surface area (Å²) < 4.78 is 7.86. The van der Waals surface area contributed by atoms with Crippen molar-refractivity contribution in [2.45, 2.75) is 130 Å². The Kier molecular flexibility index (Phi) is 19.1. The highest BCUT2D eigenvalue weighted by molar-refractivity contribution is 5.72. The zero-order valence-corrected chi connectivity index (χ0v) is 22.1. The molecule has 0 aromatic carbocycles. The number of nitrogens with one attached hydrogen (secondary N) is 1. The van der Waals surface area contributed by atoms with Crippen molar-refractivity contribution >= 4 is 5.97 Å². The maximum absolute atomic E-state index is 12.7. The van der Waals surface area contributed by atoms with Gasteiger partial charge in [-0.3, -0.25) is 4.79 Å². The minimum Gasteiger partial charge on any atom is -0.465 e. The number of unbranched alkanes of at least 4 members (excludes halogenated alkanes) is 11. The molecule has 0 aliphatic carbocycles. The van der Waals surface area contributed by atoms with Gasteiger partial charge in [-0.25, -0.2) is 4.98 Å². The second-order valence-corrected chi connectivity index (χ2v) is 9.60. The molecule has 5 nitrogen and oxygen atoms in total. The molecule has 1 aromatic rings. The number of hydrogen-bond donors (Lipinski definition) is 1. The summed E-state index contributed by atoms with van der Waals surface area (Å²) in [5.74, 6) is 1.26. The number of aromatic nitrogens is 2. The predicted octanol–water partition coefficient (Wildman–Crippen LogP) is 7.22. The number of hydrogen-bond acceptors (Lipinski definition) is 4. The first kappa shape index (κ1) is 29.7. The predicted molar refractivity (Wildman–Crippen MR) is 140 cm³/mol. The molecule has 1 heterocycles. The van der Waals surface area contributed by atoms with E-state index in [1.54, 1.807) is 0 Å². The second-order valence-electron chi connectivity index (χ2n) is 9.60. The number of ether oxygens (including phenoxy) is 1. The highest BCUT2D eigenvalue weighted by Crippen LogP contribution is 2.20. The summed E-state index contributed by atoms with van der Waals surface area (Å²) in [5, 5.41) is 3.50. The molecule has 192 valence electrons. The lowest BCUT2D eigenvalue weighted by Gasteiger charge is -2.16. The summed E-state index contributed by atoms with van der Waals surface area (Å²) in [6.07, 6.45) is 23.0. The molecule has 0 amide bonds. The van der Waals surface area contributed by atoms with E-state index in [1.807, 2.05) is 19.3 Å². The van der Waals surface area contributed by atoms with Gasteiger partial charge >= 0.3 is 5.97 Å². The summed E-state index contributed by atoms with van der Waals surface area (Å²) in [5.41, 5.74) is 0. The topological polar surface area (TPSA) is 56.1 Å². The number of aryl methyl sites for hydroxylation is 1. The summed E-state index contributed by atoms with van der Waals surface area (Å²) in [7, 11) is 0. The molecule has 1 N–H and O–H groups in total. The fourth-order valence-electron chi connectivity index (χ4n) is 4.33. The van der Waals surface area contributed by atoms with Crippen LogP contribution in [0.4, 0.5) is 0 Å². The number of carbonyl (C=O) groups is 1. The van der Waals surface area contributed by atoms with Gasteiger partial charge < -0.3 is 14.6 Å². The van der Waals surface area contributed by atoms with Crippen molar-refractivity contribution in [3.05, 3.63) is 18.2 Å². The first-order chi connectivity index (χ1) is 16.2. The van der Waals surface area contributed by atoms with Gasteiger partial charge in [0.2, 0.25) is 0 Å². The second kappa shape index (κ2) is 21.2. The van der Waals surface area contributed by atoms with E-state index in [2.05, 4.69) is 28.7 Å². The van der Waals surface area contributed by atoms with E-state index >= 15 is 0 Å². The molecule has 1 rings (SSSR count). The Morgan fingerprint density at radius 1 is 0.879 bits per heavy atom. The zero-order valence-electron chi connectivity index (χ0n) is 22.1. The average molecular weight is 464 g/mol. The molecule has 5 heteroatoms. The van der Waals surface area contributed by atoms with Gasteiger partial charge in [0.25, 0.3) is 0 Å². The standard InChI is InChI=1S/C28H53N3O2/c1-4-6-8-10-11-15-19-27(18-14-9-7-5-2)28(32)33-25-17-13-12-16-20-29-21-23-31-24-22-30-26(31)3/h22,24,27,29H,4-21,23,25H2,1-3H3. The van der Waals surface area contributed by atoms with Crippen molar-refractivity contribution in [3.63, 3.8) is 0 Å². The highest BCUT2D eigenvalue weighted by Gasteiger charge is 2.19. The van der Waals surface area contributed by atoms with E-state index in [0.29, 0.717) is 6.61 Å². The van der Waals surface area contributed by atoms with Crippen LogP contribution in [-0.2, 0) is 16.1 Å². The first-order valence-corrected chi connectivity index (χ1v) is 14.0. The van der Waals surface area contributed by atoms with Crippen LogP contribution in [0.2, 0.25) is 0 Å². The van der Waals surface area contributed by atoms with Gasteiger partial charge in [0.05, 0.1) is 12.5 Å². The monoisotopic (exact) mass is 463 g/mol.